The monoisotopic (exact) mass is 315 g/mol. The molecule has 1 amide bonds. The summed E-state index contributed by atoms with van der Waals surface area (Å²) in [5.74, 6) is -0.375. The van der Waals surface area contributed by atoms with Crippen LogP contribution in [0.3, 0.4) is 0 Å². The van der Waals surface area contributed by atoms with Gasteiger partial charge in [0.2, 0.25) is 5.88 Å². The molecule has 0 saturated carbocycles. The number of rotatable bonds is 5. The van der Waals surface area contributed by atoms with Crippen LogP contribution in [0.2, 0.25) is 4.34 Å². The number of nitrogens with one attached hydrogen (secondary N) is 1. The number of nitrogens with two attached hydrogens (primary N) is 1. The minimum atomic E-state index is -0.354. The number of aromatic nitrogens is 1. The highest BCUT2D eigenvalue weighted by molar-refractivity contribution is 7.19. The predicted octanol–water partition coefficient (Wildman–Crippen LogP) is 2.40. The number of halogens is 1. The Balaban J connectivity index is 2.27. The minimum Gasteiger partial charge on any atom is -0.383 e. The summed E-state index contributed by atoms with van der Waals surface area (Å²) in [4.78, 5) is 13.0. The first-order valence-electron chi connectivity index (χ1n) is 5.83. The van der Waals surface area contributed by atoms with Gasteiger partial charge in [-0.3, -0.25) is 4.79 Å². The first-order valence-corrected chi connectivity index (χ1v) is 7.03. The second-order valence-corrected chi connectivity index (χ2v) is 5.92. The number of carbonyl (C=O) groups is 1. The lowest BCUT2D eigenvalue weighted by molar-refractivity contribution is 0.0906. The van der Waals surface area contributed by atoms with E-state index >= 15 is 0 Å². The molecule has 1 atom stereocenters. The van der Waals surface area contributed by atoms with E-state index in [0.717, 1.165) is 4.88 Å². The zero-order valence-corrected chi connectivity index (χ0v) is 12.5. The summed E-state index contributed by atoms with van der Waals surface area (Å²) < 4.78 is 10.5. The summed E-state index contributed by atoms with van der Waals surface area (Å²) in [6.07, 6.45) is 0. The number of amides is 1. The van der Waals surface area contributed by atoms with Crippen LogP contribution >= 0.6 is 22.9 Å². The van der Waals surface area contributed by atoms with E-state index in [0.29, 0.717) is 16.6 Å². The number of anilines is 1. The molecule has 0 bridgehead atoms. The summed E-state index contributed by atoms with van der Waals surface area (Å²) in [6.45, 7) is 2.23. The van der Waals surface area contributed by atoms with Crippen molar-refractivity contribution in [3.8, 4) is 10.6 Å². The van der Waals surface area contributed by atoms with Crippen LogP contribution < -0.4 is 11.1 Å². The summed E-state index contributed by atoms with van der Waals surface area (Å²) in [5, 5.41) is 6.60. The van der Waals surface area contributed by atoms with Gasteiger partial charge in [-0.15, -0.1) is 11.3 Å². The highest BCUT2D eigenvalue weighted by Crippen LogP contribution is 2.34. The second kappa shape index (κ2) is 6.25. The molecule has 0 aliphatic heterocycles. The first kappa shape index (κ1) is 14.8. The van der Waals surface area contributed by atoms with Gasteiger partial charge in [-0.05, 0) is 19.1 Å². The van der Waals surface area contributed by atoms with Crippen molar-refractivity contribution in [1.82, 2.24) is 10.5 Å². The molecule has 3 N–H and O–H groups in total. The molecule has 0 aromatic carbocycles. The molecule has 0 spiro atoms. The van der Waals surface area contributed by atoms with Crippen molar-refractivity contribution in [1.29, 1.82) is 0 Å². The highest BCUT2D eigenvalue weighted by Gasteiger charge is 2.24. The van der Waals surface area contributed by atoms with E-state index in [-0.39, 0.29) is 23.4 Å². The average Bonchev–Trinajstić information content (AvgIpc) is 2.95. The quantitative estimate of drug-likeness (QED) is 0.884. The van der Waals surface area contributed by atoms with E-state index in [1.165, 1.54) is 11.3 Å². The number of hydrogen-bond acceptors (Lipinski definition) is 6. The molecule has 2 aromatic heterocycles. The van der Waals surface area contributed by atoms with Crippen LogP contribution in [0.25, 0.3) is 10.6 Å². The van der Waals surface area contributed by atoms with Crippen molar-refractivity contribution >= 4 is 34.7 Å². The Bertz CT molecular complexity index is 611. The molecule has 1 unspecified atom stereocenters. The largest absolute Gasteiger partial charge is 0.383 e. The number of hydrogen-bond donors (Lipinski definition) is 2. The Morgan fingerprint density at radius 2 is 2.40 bits per heavy atom. The van der Waals surface area contributed by atoms with Gasteiger partial charge < -0.3 is 20.3 Å². The van der Waals surface area contributed by atoms with Gasteiger partial charge in [-0.1, -0.05) is 16.8 Å². The van der Waals surface area contributed by atoms with Gasteiger partial charge in [0.15, 0.2) is 0 Å². The minimum absolute atomic E-state index is 0.0216. The molecule has 0 aliphatic carbocycles. The van der Waals surface area contributed by atoms with Crippen LogP contribution in [0.4, 0.5) is 5.88 Å². The van der Waals surface area contributed by atoms with Gasteiger partial charge in [0.1, 0.15) is 11.3 Å². The highest BCUT2D eigenvalue weighted by atomic mass is 35.5. The molecular formula is C12H14ClN3O3S. The lowest BCUT2D eigenvalue weighted by Gasteiger charge is -2.12. The van der Waals surface area contributed by atoms with Crippen LogP contribution in [0.15, 0.2) is 16.7 Å². The number of nitrogens with zero attached hydrogens (tertiary/aromatic N) is 1. The van der Waals surface area contributed by atoms with Crippen LogP contribution in [0, 0.1) is 0 Å². The Morgan fingerprint density at radius 3 is 3.00 bits per heavy atom. The Kier molecular flexibility index (Phi) is 4.64. The summed E-state index contributed by atoms with van der Waals surface area (Å²) in [5.41, 5.74) is 6.29. The van der Waals surface area contributed by atoms with Crippen LogP contribution in [0.5, 0.6) is 0 Å². The van der Waals surface area contributed by atoms with Gasteiger partial charge in [0.05, 0.1) is 15.8 Å². The summed E-state index contributed by atoms with van der Waals surface area (Å²) in [7, 11) is 1.56. The van der Waals surface area contributed by atoms with Crippen molar-refractivity contribution in [2.75, 3.05) is 19.5 Å². The Labute approximate surface area is 124 Å². The SMILES string of the molecule is COCC(C)NC(=O)c1c(-c2ccc(Cl)s2)noc1N. The molecule has 20 heavy (non-hydrogen) atoms. The molecule has 0 radical (unpaired) electrons. The fraction of sp³-hybridized carbons (Fsp3) is 0.333. The van der Waals surface area contributed by atoms with E-state index < -0.39 is 0 Å². The van der Waals surface area contributed by atoms with Crippen molar-refractivity contribution < 1.29 is 14.1 Å². The molecule has 6 nitrogen and oxygen atoms in total. The van der Waals surface area contributed by atoms with Gasteiger partial charge in [0, 0.05) is 13.2 Å². The van der Waals surface area contributed by atoms with Crippen molar-refractivity contribution in [2.24, 2.45) is 0 Å². The van der Waals surface area contributed by atoms with E-state index in [4.69, 9.17) is 26.6 Å². The van der Waals surface area contributed by atoms with Crippen LogP contribution in [-0.4, -0.2) is 30.8 Å². The van der Waals surface area contributed by atoms with E-state index in [1.807, 2.05) is 6.92 Å². The summed E-state index contributed by atoms with van der Waals surface area (Å²) >= 11 is 7.18. The number of nitrogen functional groups attached to an aromatic ring is 1. The lowest BCUT2D eigenvalue weighted by atomic mass is 10.2. The molecule has 2 rings (SSSR count). The summed E-state index contributed by atoms with van der Waals surface area (Å²) in [6, 6.07) is 3.34. The average molecular weight is 316 g/mol. The van der Waals surface area contributed by atoms with E-state index in [1.54, 1.807) is 19.2 Å². The number of thiophene rings is 1. The lowest BCUT2D eigenvalue weighted by Crippen LogP contribution is -2.36. The molecule has 8 heteroatoms. The zero-order chi connectivity index (χ0) is 14.7. The molecule has 0 fully saturated rings. The number of methoxy groups -OCH3 is 1. The van der Waals surface area contributed by atoms with Gasteiger partial charge in [-0.25, -0.2) is 0 Å². The van der Waals surface area contributed by atoms with Crippen molar-refractivity contribution in [3.63, 3.8) is 0 Å². The van der Waals surface area contributed by atoms with Crippen LogP contribution in [0.1, 0.15) is 17.3 Å². The van der Waals surface area contributed by atoms with Gasteiger partial charge in [0.25, 0.3) is 5.91 Å². The standard InChI is InChI=1S/C12H14ClN3O3S/c1-6(5-18-2)15-12(17)9-10(16-19-11(9)14)7-3-4-8(13)20-7/h3-4,6H,5,14H2,1-2H3,(H,15,17). The fourth-order valence-corrected chi connectivity index (χ4v) is 2.75. The molecule has 108 valence electrons. The Morgan fingerprint density at radius 1 is 1.65 bits per heavy atom. The topological polar surface area (TPSA) is 90.4 Å². The third-order valence-electron chi connectivity index (χ3n) is 2.55. The van der Waals surface area contributed by atoms with Gasteiger partial charge >= 0.3 is 0 Å². The first-order chi connectivity index (χ1) is 9.52. The van der Waals surface area contributed by atoms with Crippen molar-refractivity contribution in [2.45, 2.75) is 13.0 Å². The molecular weight excluding hydrogens is 302 g/mol. The molecule has 0 saturated heterocycles. The van der Waals surface area contributed by atoms with Gasteiger partial charge in [-0.2, -0.15) is 0 Å². The second-order valence-electron chi connectivity index (χ2n) is 4.20. The number of carbonyl (C=O) groups excluding carboxylic acids is 1. The molecule has 2 heterocycles. The van der Waals surface area contributed by atoms with Crippen molar-refractivity contribution in [3.05, 3.63) is 22.0 Å². The number of ether oxygens (including phenoxy) is 1. The third kappa shape index (κ3) is 3.12. The molecule has 0 aliphatic rings. The van der Waals surface area contributed by atoms with E-state index in [9.17, 15) is 4.79 Å². The fourth-order valence-electron chi connectivity index (χ4n) is 1.72. The maximum absolute atomic E-state index is 12.2. The third-order valence-corrected chi connectivity index (χ3v) is 3.78. The zero-order valence-electron chi connectivity index (χ0n) is 11.0. The predicted molar refractivity (Wildman–Crippen MR) is 78.0 cm³/mol. The normalized spacial score (nSPS) is 12.3. The maximum atomic E-state index is 12.2. The molecule has 2 aromatic rings. The Hall–Kier alpha value is -1.57. The van der Waals surface area contributed by atoms with Crippen LogP contribution in [-0.2, 0) is 4.74 Å². The van der Waals surface area contributed by atoms with E-state index in [2.05, 4.69) is 10.5 Å². The maximum Gasteiger partial charge on any atom is 0.259 e. The smallest absolute Gasteiger partial charge is 0.259 e.